The lowest BCUT2D eigenvalue weighted by Gasteiger charge is -2.25. The predicted octanol–water partition coefficient (Wildman–Crippen LogP) is 2.54. The molecule has 0 aliphatic carbocycles. The van der Waals surface area contributed by atoms with Crippen LogP contribution in [-0.4, -0.2) is 53.7 Å². The monoisotopic (exact) mass is 361 g/mol. The van der Waals surface area contributed by atoms with Crippen molar-refractivity contribution in [3.63, 3.8) is 0 Å². The van der Waals surface area contributed by atoms with Crippen LogP contribution in [0.1, 0.15) is 24.2 Å². The minimum absolute atomic E-state index is 0.155. The summed E-state index contributed by atoms with van der Waals surface area (Å²) >= 11 is 0. The van der Waals surface area contributed by atoms with E-state index < -0.39 is 6.10 Å². The van der Waals surface area contributed by atoms with Crippen LogP contribution in [0, 0.1) is 0 Å². The first-order valence-corrected chi connectivity index (χ1v) is 9.09. The number of phenols is 1. The zero-order valence-corrected chi connectivity index (χ0v) is 14.9. The Bertz CT molecular complexity index is 639. The number of nitrogens with zero attached hydrogens (tertiary/aromatic N) is 1. The number of furan rings is 1. The Morgan fingerprint density at radius 3 is 2.81 bits per heavy atom. The Hall–Kier alpha value is -1.86. The van der Waals surface area contributed by atoms with E-state index in [-0.39, 0.29) is 18.5 Å². The molecule has 0 unspecified atom stereocenters. The minimum Gasteiger partial charge on any atom is -0.508 e. The highest BCUT2D eigenvalue weighted by atomic mass is 16.5. The molecule has 1 fully saturated rings. The molecule has 2 N–H and O–H groups in total. The van der Waals surface area contributed by atoms with Crippen molar-refractivity contribution in [3.05, 3.63) is 54.0 Å². The number of aromatic hydroxyl groups is 1. The Morgan fingerprint density at radius 2 is 2.08 bits per heavy atom. The van der Waals surface area contributed by atoms with Crippen LogP contribution in [0.5, 0.6) is 5.75 Å². The van der Waals surface area contributed by atoms with Gasteiger partial charge in [0.05, 0.1) is 38.2 Å². The molecule has 142 valence electrons. The van der Waals surface area contributed by atoms with Crippen molar-refractivity contribution in [3.8, 4) is 5.75 Å². The number of para-hydroxylation sites is 1. The van der Waals surface area contributed by atoms with E-state index in [0.717, 1.165) is 30.8 Å². The highest BCUT2D eigenvalue weighted by Crippen LogP contribution is 2.19. The van der Waals surface area contributed by atoms with E-state index in [4.69, 9.17) is 13.9 Å². The highest BCUT2D eigenvalue weighted by molar-refractivity contribution is 5.31. The summed E-state index contributed by atoms with van der Waals surface area (Å²) in [5, 5.41) is 20.4. The third-order valence-electron chi connectivity index (χ3n) is 4.45. The second-order valence-corrected chi connectivity index (χ2v) is 6.70. The van der Waals surface area contributed by atoms with Gasteiger partial charge in [-0.2, -0.15) is 0 Å². The fraction of sp³-hybridized carbons (Fsp3) is 0.500. The SMILES string of the molecule is Oc1ccccc1CN(Cc1ccco1)C[C@@H](O)COC[C@@H]1CCCO1. The Kier molecular flexibility index (Phi) is 7.08. The van der Waals surface area contributed by atoms with Crippen LogP contribution in [-0.2, 0) is 22.6 Å². The molecule has 1 aliphatic rings. The average Bonchev–Trinajstić information content (AvgIpc) is 3.31. The quantitative estimate of drug-likeness (QED) is 0.677. The highest BCUT2D eigenvalue weighted by Gasteiger charge is 2.18. The van der Waals surface area contributed by atoms with E-state index in [2.05, 4.69) is 0 Å². The lowest BCUT2D eigenvalue weighted by Crippen LogP contribution is -2.35. The Balaban J connectivity index is 1.53. The number of aliphatic hydroxyl groups excluding tert-OH is 1. The molecule has 3 rings (SSSR count). The molecule has 0 saturated carbocycles. The van der Waals surface area contributed by atoms with Crippen molar-refractivity contribution >= 4 is 0 Å². The van der Waals surface area contributed by atoms with Gasteiger partial charge in [-0.15, -0.1) is 0 Å². The molecule has 2 atom stereocenters. The minimum atomic E-state index is -0.628. The first-order chi connectivity index (χ1) is 12.7. The molecule has 26 heavy (non-hydrogen) atoms. The summed E-state index contributed by atoms with van der Waals surface area (Å²) in [5.74, 6) is 1.06. The Morgan fingerprint density at radius 1 is 1.19 bits per heavy atom. The van der Waals surface area contributed by atoms with E-state index >= 15 is 0 Å². The van der Waals surface area contributed by atoms with Crippen molar-refractivity contribution in [2.45, 2.75) is 38.1 Å². The molecule has 1 aromatic carbocycles. The zero-order valence-electron chi connectivity index (χ0n) is 14.9. The first-order valence-electron chi connectivity index (χ1n) is 9.09. The smallest absolute Gasteiger partial charge is 0.120 e. The summed E-state index contributed by atoms with van der Waals surface area (Å²) in [7, 11) is 0. The summed E-state index contributed by atoms with van der Waals surface area (Å²) in [4.78, 5) is 2.04. The number of aliphatic hydroxyl groups is 1. The number of benzene rings is 1. The van der Waals surface area contributed by atoms with E-state index in [1.807, 2.05) is 29.2 Å². The molecule has 0 bridgehead atoms. The molecule has 1 aromatic heterocycles. The van der Waals surface area contributed by atoms with Gasteiger partial charge in [0.1, 0.15) is 11.5 Å². The summed E-state index contributed by atoms with van der Waals surface area (Å²) in [5.41, 5.74) is 0.812. The normalized spacial score (nSPS) is 18.5. The van der Waals surface area contributed by atoms with Crippen LogP contribution in [0.3, 0.4) is 0 Å². The van der Waals surface area contributed by atoms with Gasteiger partial charge in [0.25, 0.3) is 0 Å². The molecule has 2 aromatic rings. The summed E-state index contributed by atoms with van der Waals surface area (Å²) < 4.78 is 16.6. The standard InChI is InChI=1S/C20H27NO5/c22-17(14-24-15-19-7-4-10-26-19)12-21(13-18-6-3-9-25-18)11-16-5-1-2-8-20(16)23/h1-3,5-6,8-9,17,19,22-23H,4,7,10-15H2/t17-,19+/m1/s1. The second kappa shape index (κ2) is 9.73. The van der Waals surface area contributed by atoms with E-state index in [1.165, 1.54) is 0 Å². The van der Waals surface area contributed by atoms with Gasteiger partial charge in [-0.05, 0) is 31.0 Å². The van der Waals surface area contributed by atoms with E-state index in [1.54, 1.807) is 18.4 Å². The Labute approximate surface area is 154 Å². The van der Waals surface area contributed by atoms with Gasteiger partial charge < -0.3 is 24.1 Å². The largest absolute Gasteiger partial charge is 0.508 e. The van der Waals surface area contributed by atoms with E-state index in [9.17, 15) is 10.2 Å². The lowest BCUT2D eigenvalue weighted by molar-refractivity contribution is -0.0269. The molecule has 2 heterocycles. The summed E-state index contributed by atoms with van der Waals surface area (Å²) in [6, 6.07) is 11.0. The van der Waals surface area contributed by atoms with Gasteiger partial charge in [0.2, 0.25) is 0 Å². The fourth-order valence-electron chi connectivity index (χ4n) is 3.16. The van der Waals surface area contributed by atoms with Gasteiger partial charge >= 0.3 is 0 Å². The molecule has 1 aliphatic heterocycles. The van der Waals surface area contributed by atoms with Gasteiger partial charge in [-0.1, -0.05) is 18.2 Å². The van der Waals surface area contributed by atoms with Crippen LogP contribution in [0.25, 0.3) is 0 Å². The third kappa shape index (κ3) is 5.85. The maximum absolute atomic E-state index is 10.4. The fourth-order valence-corrected chi connectivity index (χ4v) is 3.16. The first kappa shape index (κ1) is 18.9. The maximum Gasteiger partial charge on any atom is 0.120 e. The van der Waals surface area contributed by atoms with Crippen LogP contribution in [0.2, 0.25) is 0 Å². The second-order valence-electron chi connectivity index (χ2n) is 6.70. The van der Waals surface area contributed by atoms with Crippen LogP contribution in [0.4, 0.5) is 0 Å². The molecule has 0 spiro atoms. The molecule has 0 radical (unpaired) electrons. The van der Waals surface area contributed by atoms with Crippen molar-refractivity contribution in [1.29, 1.82) is 0 Å². The van der Waals surface area contributed by atoms with Gasteiger partial charge in [0.15, 0.2) is 0 Å². The molecular weight excluding hydrogens is 334 g/mol. The number of hydrogen-bond donors (Lipinski definition) is 2. The van der Waals surface area contributed by atoms with Crippen molar-refractivity contribution < 1.29 is 24.1 Å². The molecule has 6 nitrogen and oxygen atoms in total. The summed E-state index contributed by atoms with van der Waals surface area (Å²) in [6.45, 7) is 3.05. The molecule has 6 heteroatoms. The van der Waals surface area contributed by atoms with Crippen molar-refractivity contribution in [1.82, 2.24) is 4.90 Å². The summed E-state index contributed by atoms with van der Waals surface area (Å²) in [6.07, 6.45) is 3.26. The lowest BCUT2D eigenvalue weighted by atomic mass is 10.1. The molecule has 0 amide bonds. The molecule has 1 saturated heterocycles. The number of phenolic OH excluding ortho intramolecular Hbond substituents is 1. The van der Waals surface area contributed by atoms with Gasteiger partial charge in [0, 0.05) is 25.3 Å². The van der Waals surface area contributed by atoms with E-state index in [0.29, 0.717) is 26.2 Å². The van der Waals surface area contributed by atoms with Gasteiger partial charge in [-0.3, -0.25) is 4.90 Å². The number of hydrogen-bond acceptors (Lipinski definition) is 6. The molecular formula is C20H27NO5. The topological polar surface area (TPSA) is 75.3 Å². The van der Waals surface area contributed by atoms with Gasteiger partial charge in [-0.25, -0.2) is 0 Å². The van der Waals surface area contributed by atoms with Crippen LogP contribution in [0.15, 0.2) is 47.1 Å². The van der Waals surface area contributed by atoms with Crippen molar-refractivity contribution in [2.24, 2.45) is 0 Å². The predicted molar refractivity (Wildman–Crippen MR) is 96.7 cm³/mol. The average molecular weight is 361 g/mol. The zero-order chi connectivity index (χ0) is 18.2. The maximum atomic E-state index is 10.4. The van der Waals surface area contributed by atoms with Crippen LogP contribution >= 0.6 is 0 Å². The number of rotatable bonds is 10. The third-order valence-corrected chi connectivity index (χ3v) is 4.45. The number of ether oxygens (including phenoxy) is 2. The van der Waals surface area contributed by atoms with Crippen molar-refractivity contribution in [2.75, 3.05) is 26.4 Å². The van der Waals surface area contributed by atoms with Crippen LogP contribution < -0.4 is 0 Å².